The third kappa shape index (κ3) is 7.89. The number of hydrogen-bond donors (Lipinski definition) is 0. The minimum Gasteiger partial charge on any atom is -0.0992 e. The van der Waals surface area contributed by atoms with Gasteiger partial charge in [0.2, 0.25) is 0 Å². The van der Waals surface area contributed by atoms with Crippen LogP contribution in [0.1, 0.15) is 81.5 Å². The molecule has 2 rings (SSSR count). The van der Waals surface area contributed by atoms with Gasteiger partial charge in [0, 0.05) is 0 Å². The molecule has 0 atom stereocenters. The van der Waals surface area contributed by atoms with E-state index in [1.165, 1.54) is 71.9 Å². The first-order valence-electron chi connectivity index (χ1n) is 11.1. The maximum Gasteiger partial charge on any atom is -0.00667 e. The quantitative estimate of drug-likeness (QED) is 0.258. The minimum absolute atomic E-state index is 0.945. The molecule has 0 unspecified atom stereocenters. The summed E-state index contributed by atoms with van der Waals surface area (Å²) in [5.74, 6) is 0. The third-order valence-electron chi connectivity index (χ3n) is 5.56. The molecule has 0 radical (unpaired) electrons. The first-order chi connectivity index (χ1) is 13.6. The van der Waals surface area contributed by atoms with Crippen LogP contribution in [-0.4, -0.2) is 0 Å². The summed E-state index contributed by atoms with van der Waals surface area (Å²) in [4.78, 5) is 0. The SMILES string of the molecule is C=C(C/C=C(\C)c1ccc(CCCCCCC)cc1)Cc1ccc(CC)cc1. The summed E-state index contributed by atoms with van der Waals surface area (Å²) in [7, 11) is 0. The number of aryl methyl sites for hydroxylation is 2. The summed E-state index contributed by atoms with van der Waals surface area (Å²) in [6.45, 7) is 11.0. The van der Waals surface area contributed by atoms with Crippen LogP contribution in [0.4, 0.5) is 0 Å². The largest absolute Gasteiger partial charge is 0.0992 e. The molecule has 150 valence electrons. The molecule has 2 aromatic rings. The molecular weight excluding hydrogens is 336 g/mol. The third-order valence-corrected chi connectivity index (χ3v) is 5.56. The molecule has 0 fully saturated rings. The topological polar surface area (TPSA) is 0 Å². The standard InChI is InChI=1S/C28H38/c1-5-7-8-9-10-11-26-18-20-28(21-19-26)24(4)13-12-23(3)22-27-16-14-25(6-2)15-17-27/h13-21H,3,5-12,22H2,1-2,4H3/b24-13+. The lowest BCUT2D eigenvalue weighted by Gasteiger charge is -2.07. The summed E-state index contributed by atoms with van der Waals surface area (Å²) in [5, 5.41) is 0. The van der Waals surface area contributed by atoms with Crippen molar-refractivity contribution >= 4 is 5.57 Å². The maximum absolute atomic E-state index is 4.28. The van der Waals surface area contributed by atoms with Crippen molar-refractivity contribution < 1.29 is 0 Å². The molecule has 0 heterocycles. The van der Waals surface area contributed by atoms with Crippen LogP contribution in [0.15, 0.2) is 66.8 Å². The predicted octanol–water partition coefficient (Wildman–Crippen LogP) is 8.35. The highest BCUT2D eigenvalue weighted by Crippen LogP contribution is 2.19. The molecule has 0 spiro atoms. The van der Waals surface area contributed by atoms with Gasteiger partial charge in [-0.25, -0.2) is 0 Å². The van der Waals surface area contributed by atoms with E-state index in [1.54, 1.807) is 0 Å². The second-order valence-corrected chi connectivity index (χ2v) is 8.05. The van der Waals surface area contributed by atoms with Gasteiger partial charge in [0.15, 0.2) is 0 Å². The van der Waals surface area contributed by atoms with Crippen molar-refractivity contribution in [1.82, 2.24) is 0 Å². The molecule has 0 aliphatic carbocycles. The van der Waals surface area contributed by atoms with E-state index in [0.29, 0.717) is 0 Å². The second-order valence-electron chi connectivity index (χ2n) is 8.05. The minimum atomic E-state index is 0.945. The summed E-state index contributed by atoms with van der Waals surface area (Å²) in [5.41, 5.74) is 8.16. The van der Waals surface area contributed by atoms with Crippen molar-refractivity contribution in [2.75, 3.05) is 0 Å². The molecule has 0 bridgehead atoms. The van der Waals surface area contributed by atoms with E-state index in [2.05, 4.69) is 82.0 Å². The Morgan fingerprint density at radius 2 is 1.39 bits per heavy atom. The normalized spacial score (nSPS) is 11.6. The average molecular weight is 375 g/mol. The Hall–Kier alpha value is -2.08. The Morgan fingerprint density at radius 3 is 2.04 bits per heavy atom. The molecule has 0 aliphatic heterocycles. The van der Waals surface area contributed by atoms with Crippen molar-refractivity contribution in [2.24, 2.45) is 0 Å². The molecule has 2 aromatic carbocycles. The molecule has 0 heteroatoms. The zero-order valence-corrected chi connectivity index (χ0v) is 18.3. The van der Waals surface area contributed by atoms with Gasteiger partial charge in [-0.15, -0.1) is 0 Å². The van der Waals surface area contributed by atoms with Crippen molar-refractivity contribution in [3.8, 4) is 0 Å². The summed E-state index contributed by atoms with van der Waals surface area (Å²) in [6.07, 6.45) is 13.3. The van der Waals surface area contributed by atoms with Crippen LogP contribution >= 0.6 is 0 Å². The fourth-order valence-electron chi connectivity index (χ4n) is 3.54. The fraction of sp³-hybridized carbons (Fsp3) is 0.429. The first kappa shape index (κ1) is 22.2. The zero-order valence-electron chi connectivity index (χ0n) is 18.3. The first-order valence-corrected chi connectivity index (χ1v) is 11.1. The fourth-order valence-corrected chi connectivity index (χ4v) is 3.54. The summed E-state index contributed by atoms with van der Waals surface area (Å²) >= 11 is 0. The van der Waals surface area contributed by atoms with Gasteiger partial charge < -0.3 is 0 Å². The molecule has 0 saturated carbocycles. The smallest absolute Gasteiger partial charge is 0.00667 e. The van der Waals surface area contributed by atoms with Crippen LogP contribution in [-0.2, 0) is 19.3 Å². The summed E-state index contributed by atoms with van der Waals surface area (Å²) in [6, 6.07) is 18.1. The van der Waals surface area contributed by atoms with Crippen LogP contribution in [0.2, 0.25) is 0 Å². The molecule has 28 heavy (non-hydrogen) atoms. The van der Waals surface area contributed by atoms with E-state index in [9.17, 15) is 0 Å². The molecule has 0 nitrogen and oxygen atoms in total. The van der Waals surface area contributed by atoms with Crippen LogP contribution in [0, 0.1) is 0 Å². The Bertz CT molecular complexity index is 729. The Labute approximate surface area is 173 Å². The van der Waals surface area contributed by atoms with Crippen molar-refractivity contribution in [1.29, 1.82) is 0 Å². The van der Waals surface area contributed by atoms with Gasteiger partial charge in [0.1, 0.15) is 0 Å². The lowest BCUT2D eigenvalue weighted by molar-refractivity contribution is 0.632. The van der Waals surface area contributed by atoms with Crippen molar-refractivity contribution in [2.45, 2.75) is 78.6 Å². The van der Waals surface area contributed by atoms with E-state index < -0.39 is 0 Å². The van der Waals surface area contributed by atoms with Crippen LogP contribution in [0.3, 0.4) is 0 Å². The van der Waals surface area contributed by atoms with E-state index in [0.717, 1.165) is 19.3 Å². The van der Waals surface area contributed by atoms with Gasteiger partial charge in [-0.2, -0.15) is 0 Å². The van der Waals surface area contributed by atoms with Crippen molar-refractivity contribution in [3.63, 3.8) is 0 Å². The van der Waals surface area contributed by atoms with Gasteiger partial charge in [-0.05, 0) is 66.9 Å². The predicted molar refractivity (Wildman–Crippen MR) is 126 cm³/mol. The van der Waals surface area contributed by atoms with Crippen molar-refractivity contribution in [3.05, 3.63) is 89.0 Å². The monoisotopic (exact) mass is 374 g/mol. The van der Waals surface area contributed by atoms with Crippen LogP contribution < -0.4 is 0 Å². The van der Waals surface area contributed by atoms with Crippen LogP contribution in [0.25, 0.3) is 5.57 Å². The van der Waals surface area contributed by atoms with E-state index >= 15 is 0 Å². The lowest BCUT2D eigenvalue weighted by Crippen LogP contribution is -1.90. The highest BCUT2D eigenvalue weighted by Gasteiger charge is 2.00. The van der Waals surface area contributed by atoms with Gasteiger partial charge >= 0.3 is 0 Å². The number of benzene rings is 2. The second kappa shape index (κ2) is 12.4. The van der Waals surface area contributed by atoms with Gasteiger partial charge in [-0.1, -0.05) is 106 Å². The molecule has 0 N–H and O–H groups in total. The molecular formula is C28H38. The average Bonchev–Trinajstić information content (AvgIpc) is 2.73. The zero-order chi connectivity index (χ0) is 20.2. The molecule has 0 aromatic heterocycles. The summed E-state index contributed by atoms with van der Waals surface area (Å²) < 4.78 is 0. The number of rotatable bonds is 12. The van der Waals surface area contributed by atoms with E-state index in [-0.39, 0.29) is 0 Å². The van der Waals surface area contributed by atoms with Gasteiger partial charge in [0.25, 0.3) is 0 Å². The number of hydrogen-bond acceptors (Lipinski definition) is 0. The molecule has 0 amide bonds. The number of unbranched alkanes of at least 4 members (excludes halogenated alkanes) is 4. The Morgan fingerprint density at radius 1 is 0.786 bits per heavy atom. The lowest BCUT2D eigenvalue weighted by atomic mass is 9.98. The Kier molecular flexibility index (Phi) is 9.83. The highest BCUT2D eigenvalue weighted by atomic mass is 14.1. The van der Waals surface area contributed by atoms with E-state index in [1.807, 2.05) is 0 Å². The maximum atomic E-state index is 4.28. The molecule has 0 saturated heterocycles. The molecule has 0 aliphatic rings. The van der Waals surface area contributed by atoms with Gasteiger partial charge in [0.05, 0.1) is 0 Å². The number of allylic oxidation sites excluding steroid dienone is 3. The van der Waals surface area contributed by atoms with Gasteiger partial charge in [-0.3, -0.25) is 0 Å². The Balaban J connectivity index is 1.80. The van der Waals surface area contributed by atoms with E-state index in [4.69, 9.17) is 0 Å². The van der Waals surface area contributed by atoms with Crippen LogP contribution in [0.5, 0.6) is 0 Å². The highest BCUT2D eigenvalue weighted by molar-refractivity contribution is 5.64.